The van der Waals surface area contributed by atoms with Crippen molar-refractivity contribution in [3.63, 3.8) is 0 Å². The number of nitrogens with zero attached hydrogens (tertiary/aromatic N) is 1. The van der Waals surface area contributed by atoms with E-state index >= 15 is 0 Å². The molecule has 1 saturated heterocycles. The molecule has 0 atom stereocenters. The summed E-state index contributed by atoms with van der Waals surface area (Å²) in [4.78, 5) is 24.5. The van der Waals surface area contributed by atoms with Gasteiger partial charge in [-0.3, -0.25) is 9.59 Å². The molecule has 0 spiro atoms. The Balaban J connectivity index is 2.37. The molecular formula is C11H18ClNO2. The average Bonchev–Trinajstić information content (AvgIpc) is 2.17. The Bertz CT molecular complexity index is 245. The van der Waals surface area contributed by atoms with Gasteiger partial charge < -0.3 is 4.90 Å². The van der Waals surface area contributed by atoms with Crippen molar-refractivity contribution in [2.24, 2.45) is 11.8 Å². The summed E-state index contributed by atoms with van der Waals surface area (Å²) in [6.07, 6.45) is 2.03. The predicted octanol–water partition coefficient (Wildman–Crippen LogP) is 2.04. The lowest BCUT2D eigenvalue weighted by molar-refractivity contribution is -0.134. The van der Waals surface area contributed by atoms with Gasteiger partial charge in [0.1, 0.15) is 0 Å². The summed E-state index contributed by atoms with van der Waals surface area (Å²) in [5.74, 6) is 0.546. The summed E-state index contributed by atoms with van der Waals surface area (Å²) in [6, 6.07) is 0. The number of hydrogen-bond acceptors (Lipinski definition) is 2. The van der Waals surface area contributed by atoms with Gasteiger partial charge in [0.15, 0.2) is 0 Å². The highest BCUT2D eigenvalue weighted by Gasteiger charge is 2.26. The summed E-state index contributed by atoms with van der Waals surface area (Å²) < 4.78 is 0. The van der Waals surface area contributed by atoms with Crippen LogP contribution in [0.1, 0.15) is 33.1 Å². The van der Waals surface area contributed by atoms with Crippen LogP contribution in [0.2, 0.25) is 0 Å². The van der Waals surface area contributed by atoms with E-state index in [1.54, 1.807) is 0 Å². The number of amides is 1. The first-order valence-electron chi connectivity index (χ1n) is 5.47. The molecule has 1 amide bonds. The number of hydrogen-bond donors (Lipinski definition) is 0. The molecule has 1 rings (SSSR count). The molecule has 0 N–H and O–H groups in total. The molecule has 1 aliphatic rings. The van der Waals surface area contributed by atoms with Gasteiger partial charge in [0.05, 0.1) is 0 Å². The van der Waals surface area contributed by atoms with Crippen LogP contribution in [0.15, 0.2) is 0 Å². The minimum absolute atomic E-state index is 0.0465. The Morgan fingerprint density at radius 3 is 2.27 bits per heavy atom. The largest absolute Gasteiger partial charge is 0.343 e. The lowest BCUT2D eigenvalue weighted by Gasteiger charge is -2.30. The number of likely N-dealkylation sites (tertiary alicyclic amines) is 1. The minimum atomic E-state index is -0.258. The molecule has 1 fully saturated rings. The third-order valence-corrected chi connectivity index (χ3v) is 3.06. The van der Waals surface area contributed by atoms with E-state index in [9.17, 15) is 9.59 Å². The second-order valence-corrected chi connectivity index (χ2v) is 4.93. The molecule has 0 saturated carbocycles. The molecule has 0 bridgehead atoms. The molecule has 86 valence electrons. The highest BCUT2D eigenvalue weighted by molar-refractivity contribution is 6.63. The van der Waals surface area contributed by atoms with E-state index in [-0.39, 0.29) is 17.1 Å². The summed E-state index contributed by atoms with van der Waals surface area (Å²) in [7, 11) is 0. The maximum atomic E-state index is 11.7. The molecule has 0 aromatic carbocycles. The van der Waals surface area contributed by atoms with Crippen molar-refractivity contribution in [2.75, 3.05) is 13.1 Å². The molecule has 4 heteroatoms. The maximum absolute atomic E-state index is 11.7. The quantitative estimate of drug-likeness (QED) is 0.697. The molecule has 0 radical (unpaired) electrons. The van der Waals surface area contributed by atoms with Gasteiger partial charge in [0, 0.05) is 25.4 Å². The van der Waals surface area contributed by atoms with E-state index in [1.165, 1.54) is 0 Å². The van der Waals surface area contributed by atoms with Gasteiger partial charge in [-0.25, -0.2) is 0 Å². The predicted molar refractivity (Wildman–Crippen MR) is 59.6 cm³/mol. The highest BCUT2D eigenvalue weighted by Crippen LogP contribution is 2.20. The van der Waals surface area contributed by atoms with Gasteiger partial charge in [0.2, 0.25) is 11.1 Å². The van der Waals surface area contributed by atoms with Gasteiger partial charge in [-0.15, -0.1) is 0 Å². The highest BCUT2D eigenvalue weighted by atomic mass is 35.5. The van der Waals surface area contributed by atoms with Crippen LogP contribution >= 0.6 is 11.6 Å². The topological polar surface area (TPSA) is 37.4 Å². The Morgan fingerprint density at radius 1 is 1.33 bits per heavy atom. The summed E-state index contributed by atoms with van der Waals surface area (Å²) >= 11 is 5.43. The fourth-order valence-electron chi connectivity index (χ4n) is 1.83. The number of carbonyl (C=O) groups is 2. The van der Waals surface area contributed by atoms with Crippen molar-refractivity contribution in [1.29, 1.82) is 0 Å². The first-order chi connectivity index (χ1) is 7.00. The first kappa shape index (κ1) is 12.5. The van der Waals surface area contributed by atoms with Crippen LogP contribution in [0.25, 0.3) is 0 Å². The van der Waals surface area contributed by atoms with Crippen LogP contribution < -0.4 is 0 Å². The molecule has 0 unspecified atom stereocenters. The molecule has 1 aliphatic heterocycles. The van der Waals surface area contributed by atoms with E-state index in [1.807, 2.05) is 18.7 Å². The number of piperidine rings is 1. The van der Waals surface area contributed by atoms with Crippen molar-refractivity contribution in [3.8, 4) is 0 Å². The smallest absolute Gasteiger partial charge is 0.224 e. The molecule has 15 heavy (non-hydrogen) atoms. The van der Waals surface area contributed by atoms with Crippen molar-refractivity contribution < 1.29 is 9.59 Å². The second-order valence-electron chi connectivity index (χ2n) is 4.56. The number of rotatable bonds is 3. The van der Waals surface area contributed by atoms with Crippen LogP contribution in [-0.4, -0.2) is 29.1 Å². The molecule has 3 nitrogen and oxygen atoms in total. The monoisotopic (exact) mass is 231 g/mol. The maximum Gasteiger partial charge on any atom is 0.224 e. The van der Waals surface area contributed by atoms with E-state index in [4.69, 9.17) is 11.6 Å². The zero-order valence-electron chi connectivity index (χ0n) is 9.33. The molecule has 0 aliphatic carbocycles. The lowest BCUT2D eigenvalue weighted by Crippen LogP contribution is -2.40. The second kappa shape index (κ2) is 5.50. The zero-order chi connectivity index (χ0) is 11.4. The van der Waals surface area contributed by atoms with Crippen molar-refractivity contribution in [2.45, 2.75) is 33.1 Å². The number of carbonyl (C=O) groups excluding carboxylic acids is 2. The zero-order valence-corrected chi connectivity index (χ0v) is 10.1. The van der Waals surface area contributed by atoms with Gasteiger partial charge in [0.25, 0.3) is 0 Å². The van der Waals surface area contributed by atoms with Crippen LogP contribution in [-0.2, 0) is 9.59 Å². The van der Waals surface area contributed by atoms with Gasteiger partial charge >= 0.3 is 0 Å². The Kier molecular flexibility index (Phi) is 4.58. The fraction of sp³-hybridized carbons (Fsp3) is 0.818. The Labute approximate surface area is 95.8 Å². The molecule has 0 aromatic rings. The minimum Gasteiger partial charge on any atom is -0.343 e. The van der Waals surface area contributed by atoms with Crippen LogP contribution in [0.4, 0.5) is 0 Å². The Hall–Kier alpha value is -0.570. The van der Waals surface area contributed by atoms with Gasteiger partial charge in [-0.1, -0.05) is 13.8 Å². The molecule has 0 aromatic heterocycles. The summed E-state index contributed by atoms with van der Waals surface area (Å²) in [5, 5.41) is -0.258. The lowest BCUT2D eigenvalue weighted by atomic mass is 9.97. The summed E-state index contributed by atoms with van der Waals surface area (Å²) in [6.45, 7) is 5.42. The fourth-order valence-corrected chi connectivity index (χ4v) is 2.05. The van der Waals surface area contributed by atoms with Gasteiger partial charge in [-0.2, -0.15) is 0 Å². The van der Waals surface area contributed by atoms with E-state index in [0.29, 0.717) is 38.3 Å². The molecular weight excluding hydrogens is 214 g/mol. The van der Waals surface area contributed by atoms with Crippen molar-refractivity contribution >= 4 is 22.8 Å². The van der Waals surface area contributed by atoms with Crippen LogP contribution in [0, 0.1) is 11.8 Å². The van der Waals surface area contributed by atoms with Crippen molar-refractivity contribution in [3.05, 3.63) is 0 Å². The first-order valence-corrected chi connectivity index (χ1v) is 5.85. The normalized spacial score (nSPS) is 18.3. The third kappa shape index (κ3) is 3.82. The van der Waals surface area contributed by atoms with E-state index in [2.05, 4.69) is 0 Å². The van der Waals surface area contributed by atoms with Crippen molar-refractivity contribution in [1.82, 2.24) is 4.90 Å². The summed E-state index contributed by atoms with van der Waals surface area (Å²) in [5.41, 5.74) is 0. The van der Waals surface area contributed by atoms with Crippen LogP contribution in [0.3, 0.4) is 0 Å². The average molecular weight is 232 g/mol. The van der Waals surface area contributed by atoms with E-state index in [0.717, 1.165) is 0 Å². The van der Waals surface area contributed by atoms with E-state index < -0.39 is 0 Å². The third-order valence-electron chi connectivity index (χ3n) is 2.75. The Morgan fingerprint density at radius 2 is 1.87 bits per heavy atom. The SMILES string of the molecule is CC(C)CC(=O)N1CCC(C(=O)Cl)CC1. The van der Waals surface area contributed by atoms with Gasteiger partial charge in [-0.05, 0) is 30.4 Å². The molecule has 1 heterocycles. The number of halogens is 1. The van der Waals surface area contributed by atoms with Crippen LogP contribution in [0.5, 0.6) is 0 Å². The standard InChI is InChI=1S/C11H18ClNO2/c1-8(2)7-10(14)13-5-3-9(4-6-13)11(12)15/h8-9H,3-7H2,1-2H3.